The molecule has 0 saturated carbocycles. The molecular weight excluding hydrogens is 282 g/mol. The summed E-state index contributed by atoms with van der Waals surface area (Å²) in [5.74, 6) is 0.642. The van der Waals surface area contributed by atoms with E-state index in [4.69, 9.17) is 0 Å². The molecule has 1 atom stereocenters. The first-order valence-electron chi connectivity index (χ1n) is 7.65. The summed E-state index contributed by atoms with van der Waals surface area (Å²) in [4.78, 5) is 15.5. The lowest BCUT2D eigenvalue weighted by Gasteiger charge is -2.17. The number of nitrogens with one attached hydrogen (secondary N) is 1. The summed E-state index contributed by atoms with van der Waals surface area (Å²) in [6.07, 6.45) is 3.12. The molecule has 4 nitrogen and oxygen atoms in total. The number of likely N-dealkylation sites (N-methyl/N-ethyl adjacent to an activating group) is 1. The van der Waals surface area contributed by atoms with Gasteiger partial charge in [0.2, 0.25) is 5.91 Å². The first-order valence-corrected chi connectivity index (χ1v) is 8.47. The second-order valence-corrected chi connectivity index (χ2v) is 6.78. The average molecular weight is 305 g/mol. The molecule has 0 aliphatic heterocycles. The molecule has 1 heterocycles. The SMILES string of the molecule is CCN(CC)CC(=O)Nc1sc2c(c1C#N)CC[C@H](C)C2. The normalized spacial score (nSPS) is 17.4. The van der Waals surface area contributed by atoms with Gasteiger partial charge in [-0.3, -0.25) is 9.69 Å². The topological polar surface area (TPSA) is 56.1 Å². The number of amides is 1. The van der Waals surface area contributed by atoms with Crippen molar-refractivity contribution in [1.82, 2.24) is 4.90 Å². The summed E-state index contributed by atoms with van der Waals surface area (Å²) in [5, 5.41) is 13.1. The van der Waals surface area contributed by atoms with Crippen LogP contribution < -0.4 is 5.32 Å². The van der Waals surface area contributed by atoms with Gasteiger partial charge in [0.1, 0.15) is 11.1 Å². The smallest absolute Gasteiger partial charge is 0.239 e. The number of anilines is 1. The van der Waals surface area contributed by atoms with E-state index in [0.717, 1.165) is 37.4 Å². The number of nitrogens with zero attached hydrogens (tertiary/aromatic N) is 2. The van der Waals surface area contributed by atoms with Crippen molar-refractivity contribution in [3.8, 4) is 6.07 Å². The highest BCUT2D eigenvalue weighted by Crippen LogP contribution is 2.39. The van der Waals surface area contributed by atoms with Crippen LogP contribution in [0.2, 0.25) is 0 Å². The third-order valence-corrected chi connectivity index (χ3v) is 5.31. The Morgan fingerprint density at radius 3 is 2.81 bits per heavy atom. The number of hydrogen-bond acceptors (Lipinski definition) is 4. The Morgan fingerprint density at radius 1 is 1.48 bits per heavy atom. The molecule has 1 aliphatic rings. The zero-order chi connectivity index (χ0) is 15.4. The Bertz CT molecular complexity index is 555. The highest BCUT2D eigenvalue weighted by Gasteiger charge is 2.24. The van der Waals surface area contributed by atoms with Gasteiger partial charge in [-0.15, -0.1) is 11.3 Å². The van der Waals surface area contributed by atoms with Gasteiger partial charge in [0.25, 0.3) is 0 Å². The number of hydrogen-bond donors (Lipinski definition) is 1. The molecule has 0 radical (unpaired) electrons. The number of carbonyl (C=O) groups excluding carboxylic acids is 1. The fraction of sp³-hybridized carbons (Fsp3) is 0.625. The molecule has 0 spiro atoms. The van der Waals surface area contributed by atoms with Crippen molar-refractivity contribution >= 4 is 22.2 Å². The lowest BCUT2D eigenvalue weighted by molar-refractivity contribution is -0.117. The maximum Gasteiger partial charge on any atom is 0.239 e. The molecule has 1 N–H and O–H groups in total. The first kappa shape index (κ1) is 16.0. The van der Waals surface area contributed by atoms with Gasteiger partial charge in [-0.1, -0.05) is 20.8 Å². The average Bonchev–Trinajstić information content (AvgIpc) is 2.80. The number of nitriles is 1. The minimum atomic E-state index is -0.0261. The third kappa shape index (κ3) is 3.63. The maximum atomic E-state index is 12.1. The van der Waals surface area contributed by atoms with E-state index in [2.05, 4.69) is 23.2 Å². The standard InChI is InChI=1S/C16H23N3OS/c1-4-19(5-2)10-15(20)18-16-13(9-17)12-7-6-11(3)8-14(12)21-16/h11H,4-8,10H2,1-3H3,(H,18,20)/t11-/m0/s1. The number of fused-ring (bicyclic) bond motifs is 1. The number of thiophene rings is 1. The molecule has 0 saturated heterocycles. The van der Waals surface area contributed by atoms with Crippen LogP contribution in [-0.4, -0.2) is 30.4 Å². The van der Waals surface area contributed by atoms with Crippen LogP contribution in [0.4, 0.5) is 5.00 Å². The molecule has 114 valence electrons. The molecule has 0 unspecified atom stereocenters. The predicted octanol–water partition coefficient (Wildman–Crippen LogP) is 3.02. The summed E-state index contributed by atoms with van der Waals surface area (Å²) in [7, 11) is 0. The van der Waals surface area contributed by atoms with Gasteiger partial charge in [-0.05, 0) is 43.8 Å². The largest absolute Gasteiger partial charge is 0.315 e. The minimum Gasteiger partial charge on any atom is -0.315 e. The summed E-state index contributed by atoms with van der Waals surface area (Å²) in [6.45, 7) is 8.43. The summed E-state index contributed by atoms with van der Waals surface area (Å²) in [5.41, 5.74) is 1.86. The summed E-state index contributed by atoms with van der Waals surface area (Å²) in [6, 6.07) is 2.29. The van der Waals surface area contributed by atoms with Gasteiger partial charge in [-0.25, -0.2) is 0 Å². The Kier molecular flexibility index (Phi) is 5.38. The second kappa shape index (κ2) is 7.06. The highest BCUT2D eigenvalue weighted by atomic mass is 32.1. The first-order chi connectivity index (χ1) is 10.1. The molecule has 2 rings (SSSR count). The Labute approximate surface area is 130 Å². The van der Waals surface area contributed by atoms with E-state index >= 15 is 0 Å². The molecule has 5 heteroatoms. The van der Waals surface area contributed by atoms with Crippen LogP contribution in [0.3, 0.4) is 0 Å². The van der Waals surface area contributed by atoms with Crippen molar-refractivity contribution in [2.45, 2.75) is 40.0 Å². The monoisotopic (exact) mass is 305 g/mol. The van der Waals surface area contributed by atoms with E-state index in [1.165, 1.54) is 10.4 Å². The fourth-order valence-electron chi connectivity index (χ4n) is 2.77. The van der Waals surface area contributed by atoms with E-state index in [-0.39, 0.29) is 5.91 Å². The van der Waals surface area contributed by atoms with E-state index in [1.807, 2.05) is 13.8 Å². The summed E-state index contributed by atoms with van der Waals surface area (Å²) >= 11 is 1.59. The van der Waals surface area contributed by atoms with Gasteiger partial charge in [0, 0.05) is 4.88 Å². The van der Waals surface area contributed by atoms with Crippen molar-refractivity contribution in [2.24, 2.45) is 5.92 Å². The van der Waals surface area contributed by atoms with Crippen LogP contribution in [-0.2, 0) is 17.6 Å². The zero-order valence-electron chi connectivity index (χ0n) is 13.0. The number of carbonyl (C=O) groups is 1. The zero-order valence-corrected chi connectivity index (χ0v) is 13.8. The minimum absolute atomic E-state index is 0.0261. The van der Waals surface area contributed by atoms with Crippen LogP contribution in [0.15, 0.2) is 0 Å². The molecule has 1 aromatic rings. The van der Waals surface area contributed by atoms with Gasteiger partial charge >= 0.3 is 0 Å². The van der Waals surface area contributed by atoms with Crippen molar-refractivity contribution in [1.29, 1.82) is 5.26 Å². The molecule has 1 aliphatic carbocycles. The lowest BCUT2D eigenvalue weighted by atomic mass is 9.89. The third-order valence-electron chi connectivity index (χ3n) is 4.14. The van der Waals surface area contributed by atoms with Crippen LogP contribution in [0.25, 0.3) is 0 Å². The number of rotatable bonds is 5. The van der Waals surface area contributed by atoms with Crippen LogP contribution in [0, 0.1) is 17.2 Å². The Morgan fingerprint density at radius 2 is 2.19 bits per heavy atom. The maximum absolute atomic E-state index is 12.1. The summed E-state index contributed by atoms with van der Waals surface area (Å²) < 4.78 is 0. The highest BCUT2D eigenvalue weighted by molar-refractivity contribution is 7.16. The van der Waals surface area contributed by atoms with Crippen molar-refractivity contribution in [2.75, 3.05) is 25.0 Å². The fourth-order valence-corrected chi connectivity index (χ4v) is 4.15. The van der Waals surface area contributed by atoms with Gasteiger partial charge in [0.05, 0.1) is 12.1 Å². The molecule has 1 aromatic heterocycles. The van der Waals surface area contributed by atoms with Gasteiger partial charge < -0.3 is 5.32 Å². The van der Waals surface area contributed by atoms with Crippen LogP contribution >= 0.6 is 11.3 Å². The lowest BCUT2D eigenvalue weighted by Crippen LogP contribution is -2.32. The molecule has 0 aromatic carbocycles. The molecule has 21 heavy (non-hydrogen) atoms. The molecule has 0 bridgehead atoms. The van der Waals surface area contributed by atoms with Gasteiger partial charge in [0.15, 0.2) is 0 Å². The van der Waals surface area contributed by atoms with Crippen LogP contribution in [0.5, 0.6) is 0 Å². The predicted molar refractivity (Wildman–Crippen MR) is 86.6 cm³/mol. The van der Waals surface area contributed by atoms with Gasteiger partial charge in [-0.2, -0.15) is 5.26 Å². The van der Waals surface area contributed by atoms with Crippen LogP contribution in [0.1, 0.15) is 43.2 Å². The van der Waals surface area contributed by atoms with Crippen molar-refractivity contribution in [3.63, 3.8) is 0 Å². The van der Waals surface area contributed by atoms with E-state index in [0.29, 0.717) is 18.0 Å². The molecule has 1 amide bonds. The Hall–Kier alpha value is -1.38. The van der Waals surface area contributed by atoms with E-state index in [9.17, 15) is 10.1 Å². The molecular formula is C16H23N3OS. The quantitative estimate of drug-likeness (QED) is 0.909. The van der Waals surface area contributed by atoms with Crippen molar-refractivity contribution < 1.29 is 4.79 Å². The van der Waals surface area contributed by atoms with Crippen molar-refractivity contribution in [3.05, 3.63) is 16.0 Å². The Balaban J connectivity index is 2.14. The second-order valence-electron chi connectivity index (χ2n) is 5.68. The van der Waals surface area contributed by atoms with E-state index in [1.54, 1.807) is 11.3 Å². The molecule has 0 fully saturated rings. The van der Waals surface area contributed by atoms with E-state index < -0.39 is 0 Å².